The first-order chi connectivity index (χ1) is 7.74. The van der Waals surface area contributed by atoms with Crippen LogP contribution in [0.2, 0.25) is 0 Å². The molecule has 0 aromatic heterocycles. The van der Waals surface area contributed by atoms with E-state index in [0.717, 1.165) is 5.56 Å². The summed E-state index contributed by atoms with van der Waals surface area (Å²) in [6, 6.07) is 5.10. The molecule has 0 aliphatic carbocycles. The van der Waals surface area contributed by atoms with Gasteiger partial charge in [0.15, 0.2) is 0 Å². The molecular formula is C12H17N3O2. The van der Waals surface area contributed by atoms with Gasteiger partial charge in [-0.25, -0.2) is 0 Å². The zero-order valence-corrected chi connectivity index (χ0v) is 10.2. The van der Waals surface area contributed by atoms with Gasteiger partial charge < -0.3 is 16.8 Å². The number of nitrogens with two attached hydrogens (primary N) is 2. The summed E-state index contributed by atoms with van der Waals surface area (Å²) in [4.78, 5) is 23.0. The number of nitrogens with one attached hydrogen (secondary N) is 1. The first-order valence-corrected chi connectivity index (χ1v) is 5.22. The van der Waals surface area contributed by atoms with Crippen molar-refractivity contribution in [3.8, 4) is 0 Å². The smallest absolute Gasteiger partial charge is 0.254 e. The molecule has 1 aromatic rings. The lowest BCUT2D eigenvalue weighted by Crippen LogP contribution is -2.53. The molecule has 0 saturated carbocycles. The number of nitrogen functional groups attached to an aromatic ring is 1. The minimum absolute atomic E-state index is 0.338. The van der Waals surface area contributed by atoms with Crippen molar-refractivity contribution in [3.63, 3.8) is 0 Å². The third-order valence-electron chi connectivity index (χ3n) is 2.49. The fourth-order valence-electron chi connectivity index (χ4n) is 1.30. The Hall–Kier alpha value is -2.04. The van der Waals surface area contributed by atoms with Crippen LogP contribution in [0.5, 0.6) is 0 Å². The summed E-state index contributed by atoms with van der Waals surface area (Å²) >= 11 is 0. The van der Waals surface area contributed by atoms with Crippen LogP contribution in [0, 0.1) is 6.92 Å². The van der Waals surface area contributed by atoms with Gasteiger partial charge >= 0.3 is 0 Å². The summed E-state index contributed by atoms with van der Waals surface area (Å²) < 4.78 is 0. The fraction of sp³-hybridized carbons (Fsp3) is 0.333. The Morgan fingerprint density at radius 3 is 2.35 bits per heavy atom. The van der Waals surface area contributed by atoms with E-state index in [2.05, 4.69) is 5.32 Å². The number of rotatable bonds is 3. The van der Waals surface area contributed by atoms with Gasteiger partial charge in [-0.3, -0.25) is 9.59 Å². The number of anilines is 1. The molecule has 5 nitrogen and oxygen atoms in total. The molecule has 0 radical (unpaired) electrons. The van der Waals surface area contributed by atoms with Crippen molar-refractivity contribution in [1.29, 1.82) is 0 Å². The number of hydrogen-bond acceptors (Lipinski definition) is 3. The maximum atomic E-state index is 11.9. The van der Waals surface area contributed by atoms with E-state index < -0.39 is 17.4 Å². The second-order valence-corrected chi connectivity index (χ2v) is 4.53. The average molecular weight is 235 g/mol. The minimum Gasteiger partial charge on any atom is -0.398 e. The molecule has 0 aliphatic rings. The van der Waals surface area contributed by atoms with E-state index >= 15 is 0 Å². The van der Waals surface area contributed by atoms with Crippen LogP contribution in [0.15, 0.2) is 18.2 Å². The molecule has 0 unspecified atom stereocenters. The minimum atomic E-state index is -1.10. The van der Waals surface area contributed by atoms with Crippen molar-refractivity contribution >= 4 is 17.5 Å². The van der Waals surface area contributed by atoms with Crippen LogP contribution < -0.4 is 16.8 Å². The lowest BCUT2D eigenvalue weighted by atomic mass is 10.0. The molecule has 0 spiro atoms. The number of amides is 2. The molecule has 5 N–H and O–H groups in total. The van der Waals surface area contributed by atoms with E-state index in [-0.39, 0.29) is 0 Å². The SMILES string of the molecule is Cc1ccc(C(=O)NC(C)(C)C(N)=O)c(N)c1. The zero-order chi connectivity index (χ0) is 13.2. The Morgan fingerprint density at radius 1 is 1.29 bits per heavy atom. The van der Waals surface area contributed by atoms with Gasteiger partial charge in [0.2, 0.25) is 5.91 Å². The van der Waals surface area contributed by atoms with Crippen molar-refractivity contribution in [2.24, 2.45) is 5.73 Å². The molecule has 2 amide bonds. The van der Waals surface area contributed by atoms with Crippen molar-refractivity contribution < 1.29 is 9.59 Å². The van der Waals surface area contributed by atoms with E-state index in [0.29, 0.717) is 11.3 Å². The second kappa shape index (κ2) is 4.45. The van der Waals surface area contributed by atoms with E-state index in [4.69, 9.17) is 11.5 Å². The molecule has 0 heterocycles. The summed E-state index contributed by atoms with van der Waals surface area (Å²) in [5.41, 5.74) is 11.5. The summed E-state index contributed by atoms with van der Waals surface area (Å²) in [6.07, 6.45) is 0. The van der Waals surface area contributed by atoms with Crippen molar-refractivity contribution in [2.45, 2.75) is 26.3 Å². The van der Waals surface area contributed by atoms with Gasteiger partial charge in [0.05, 0.1) is 5.56 Å². The second-order valence-electron chi connectivity index (χ2n) is 4.53. The highest BCUT2D eigenvalue weighted by Crippen LogP contribution is 2.15. The molecule has 0 saturated heterocycles. The van der Waals surface area contributed by atoms with Crippen LogP contribution in [0.4, 0.5) is 5.69 Å². The monoisotopic (exact) mass is 235 g/mol. The number of hydrogen-bond donors (Lipinski definition) is 3. The van der Waals surface area contributed by atoms with Crippen LogP contribution in [0.1, 0.15) is 29.8 Å². The van der Waals surface area contributed by atoms with E-state index in [1.54, 1.807) is 18.2 Å². The van der Waals surface area contributed by atoms with Gasteiger partial charge in [0.25, 0.3) is 5.91 Å². The maximum Gasteiger partial charge on any atom is 0.254 e. The Balaban J connectivity index is 2.95. The summed E-state index contributed by atoms with van der Waals surface area (Å²) in [5, 5.41) is 2.54. The number of aryl methyl sites for hydroxylation is 1. The molecule has 92 valence electrons. The molecule has 17 heavy (non-hydrogen) atoms. The Kier molecular flexibility index (Phi) is 3.41. The van der Waals surface area contributed by atoms with Crippen LogP contribution in [0.3, 0.4) is 0 Å². The molecule has 0 atom stereocenters. The fourth-order valence-corrected chi connectivity index (χ4v) is 1.30. The average Bonchev–Trinajstić information content (AvgIpc) is 2.15. The van der Waals surface area contributed by atoms with Crippen molar-refractivity contribution in [3.05, 3.63) is 29.3 Å². The summed E-state index contributed by atoms with van der Waals surface area (Å²) in [6.45, 7) is 4.96. The van der Waals surface area contributed by atoms with Gasteiger partial charge in [-0.05, 0) is 38.5 Å². The summed E-state index contributed by atoms with van der Waals surface area (Å²) in [5.74, 6) is -1.01. The number of carbonyl (C=O) groups is 2. The number of benzene rings is 1. The normalized spacial score (nSPS) is 11.0. The van der Waals surface area contributed by atoms with E-state index in [9.17, 15) is 9.59 Å². The van der Waals surface area contributed by atoms with Crippen LogP contribution in [0.25, 0.3) is 0 Å². The third-order valence-corrected chi connectivity index (χ3v) is 2.49. The Morgan fingerprint density at radius 2 is 1.88 bits per heavy atom. The highest BCUT2D eigenvalue weighted by Gasteiger charge is 2.27. The molecule has 0 aliphatic heterocycles. The number of primary amides is 1. The highest BCUT2D eigenvalue weighted by molar-refractivity contribution is 6.02. The Labute approximate surface area is 100 Å². The van der Waals surface area contributed by atoms with E-state index in [1.165, 1.54) is 13.8 Å². The van der Waals surface area contributed by atoms with Crippen LogP contribution in [-0.4, -0.2) is 17.4 Å². The Bertz CT molecular complexity index is 467. The number of carbonyl (C=O) groups excluding carboxylic acids is 2. The van der Waals surface area contributed by atoms with Crippen LogP contribution in [-0.2, 0) is 4.79 Å². The zero-order valence-electron chi connectivity index (χ0n) is 10.2. The first-order valence-electron chi connectivity index (χ1n) is 5.22. The van der Waals surface area contributed by atoms with Crippen molar-refractivity contribution in [2.75, 3.05) is 5.73 Å². The molecular weight excluding hydrogens is 218 g/mol. The third kappa shape index (κ3) is 2.96. The largest absolute Gasteiger partial charge is 0.398 e. The molecule has 5 heteroatoms. The van der Waals surface area contributed by atoms with Gasteiger partial charge in [0.1, 0.15) is 5.54 Å². The molecule has 0 bridgehead atoms. The van der Waals surface area contributed by atoms with E-state index in [1.807, 2.05) is 6.92 Å². The first kappa shape index (κ1) is 13.0. The predicted octanol–water partition coefficient (Wildman–Crippen LogP) is 0.571. The van der Waals surface area contributed by atoms with Crippen LogP contribution >= 0.6 is 0 Å². The summed E-state index contributed by atoms with van der Waals surface area (Å²) in [7, 11) is 0. The quantitative estimate of drug-likeness (QED) is 0.668. The van der Waals surface area contributed by atoms with Gasteiger partial charge in [0, 0.05) is 5.69 Å². The molecule has 0 fully saturated rings. The van der Waals surface area contributed by atoms with Gasteiger partial charge in [-0.2, -0.15) is 0 Å². The highest BCUT2D eigenvalue weighted by atomic mass is 16.2. The molecule has 1 rings (SSSR count). The topological polar surface area (TPSA) is 98.2 Å². The standard InChI is InChI=1S/C12H17N3O2/c1-7-4-5-8(9(13)6-7)10(16)15-12(2,3)11(14)17/h4-6H,13H2,1-3H3,(H2,14,17)(H,15,16). The van der Waals surface area contributed by atoms with Crippen molar-refractivity contribution in [1.82, 2.24) is 5.32 Å². The maximum absolute atomic E-state index is 11.9. The predicted molar refractivity (Wildman–Crippen MR) is 66.3 cm³/mol. The lowest BCUT2D eigenvalue weighted by Gasteiger charge is -2.22. The van der Waals surface area contributed by atoms with Gasteiger partial charge in [-0.15, -0.1) is 0 Å². The molecule has 1 aromatic carbocycles. The lowest BCUT2D eigenvalue weighted by molar-refractivity contribution is -0.122. The van der Waals surface area contributed by atoms with Gasteiger partial charge in [-0.1, -0.05) is 6.07 Å².